The first-order valence-corrected chi connectivity index (χ1v) is 6.65. The number of hydrogen-bond acceptors (Lipinski definition) is 2. The van der Waals surface area contributed by atoms with Crippen LogP contribution < -0.4 is 0 Å². The van der Waals surface area contributed by atoms with Crippen molar-refractivity contribution in [1.82, 2.24) is 4.90 Å². The zero-order chi connectivity index (χ0) is 12.4. The Morgan fingerprint density at radius 1 is 1.24 bits per heavy atom. The fourth-order valence-corrected chi connectivity index (χ4v) is 3.03. The molecular formula is C15H23NO. The highest BCUT2D eigenvalue weighted by Crippen LogP contribution is 2.35. The third-order valence-electron chi connectivity index (χ3n) is 4.00. The maximum absolute atomic E-state index is 9.94. The van der Waals surface area contributed by atoms with Gasteiger partial charge in [0.05, 0.1) is 0 Å². The molecule has 1 aliphatic rings. The van der Waals surface area contributed by atoms with Crippen molar-refractivity contribution < 1.29 is 5.11 Å². The van der Waals surface area contributed by atoms with Gasteiger partial charge in [-0.15, -0.1) is 0 Å². The van der Waals surface area contributed by atoms with Crippen LogP contribution in [0, 0.1) is 5.92 Å². The highest BCUT2D eigenvalue weighted by atomic mass is 16.3. The molecule has 17 heavy (non-hydrogen) atoms. The van der Waals surface area contributed by atoms with Crippen LogP contribution in [-0.2, 0) is 0 Å². The van der Waals surface area contributed by atoms with Gasteiger partial charge in [0.1, 0.15) is 5.75 Å². The third-order valence-corrected chi connectivity index (χ3v) is 4.00. The third kappa shape index (κ3) is 2.47. The second kappa shape index (κ2) is 5.09. The summed E-state index contributed by atoms with van der Waals surface area (Å²) >= 11 is 0. The Morgan fingerprint density at radius 3 is 2.59 bits per heavy atom. The van der Waals surface area contributed by atoms with Crippen LogP contribution in [0.3, 0.4) is 0 Å². The topological polar surface area (TPSA) is 23.5 Å². The minimum absolute atomic E-state index is 0.311. The van der Waals surface area contributed by atoms with E-state index in [0.29, 0.717) is 23.8 Å². The summed E-state index contributed by atoms with van der Waals surface area (Å²) in [4.78, 5) is 2.54. The molecule has 1 N–H and O–H groups in total. The predicted molar refractivity (Wildman–Crippen MR) is 71.1 cm³/mol. The Morgan fingerprint density at radius 2 is 1.94 bits per heavy atom. The van der Waals surface area contributed by atoms with Gasteiger partial charge in [-0.2, -0.15) is 0 Å². The minimum atomic E-state index is 0.311. The standard InChI is InChI=1S/C15H23NO/c1-11(2)14-8-6-10-16(14)12(3)13-7-4-5-9-15(13)17/h4-5,7,9,11-12,14,17H,6,8,10H2,1-3H3. The van der Waals surface area contributed by atoms with Crippen molar-refractivity contribution >= 4 is 0 Å². The van der Waals surface area contributed by atoms with E-state index in [2.05, 4.69) is 25.7 Å². The average Bonchev–Trinajstić information content (AvgIpc) is 2.77. The van der Waals surface area contributed by atoms with Crippen LogP contribution in [0.1, 0.15) is 45.2 Å². The van der Waals surface area contributed by atoms with E-state index in [0.717, 1.165) is 12.1 Å². The fourth-order valence-electron chi connectivity index (χ4n) is 3.03. The van der Waals surface area contributed by atoms with Gasteiger partial charge in [0.25, 0.3) is 0 Å². The average molecular weight is 233 g/mol. The molecule has 0 spiro atoms. The molecule has 2 heteroatoms. The van der Waals surface area contributed by atoms with E-state index in [-0.39, 0.29) is 0 Å². The molecule has 1 saturated heterocycles. The molecule has 94 valence electrons. The summed E-state index contributed by atoms with van der Waals surface area (Å²) in [5.41, 5.74) is 1.06. The van der Waals surface area contributed by atoms with E-state index >= 15 is 0 Å². The van der Waals surface area contributed by atoms with Gasteiger partial charge in [0.15, 0.2) is 0 Å². The van der Waals surface area contributed by atoms with Gasteiger partial charge in [-0.05, 0) is 38.3 Å². The van der Waals surface area contributed by atoms with Gasteiger partial charge in [0, 0.05) is 17.6 Å². The van der Waals surface area contributed by atoms with Crippen LogP contribution in [0.25, 0.3) is 0 Å². The molecule has 2 unspecified atom stereocenters. The minimum Gasteiger partial charge on any atom is -0.508 e. The molecule has 0 amide bonds. The largest absolute Gasteiger partial charge is 0.508 e. The predicted octanol–water partition coefficient (Wildman–Crippen LogP) is 3.57. The van der Waals surface area contributed by atoms with E-state index in [1.54, 1.807) is 6.07 Å². The molecule has 1 aromatic carbocycles. The SMILES string of the molecule is CC(C)C1CCCN1C(C)c1ccccc1O. The Balaban J connectivity index is 2.20. The van der Waals surface area contributed by atoms with E-state index in [1.807, 2.05) is 18.2 Å². The Kier molecular flexibility index (Phi) is 3.72. The Labute approximate surface area is 104 Å². The quantitative estimate of drug-likeness (QED) is 0.862. The lowest BCUT2D eigenvalue weighted by molar-refractivity contribution is 0.154. The van der Waals surface area contributed by atoms with Crippen molar-refractivity contribution in [2.24, 2.45) is 5.92 Å². The van der Waals surface area contributed by atoms with Crippen molar-refractivity contribution in [2.45, 2.75) is 45.7 Å². The lowest BCUT2D eigenvalue weighted by Gasteiger charge is -2.33. The lowest BCUT2D eigenvalue weighted by atomic mass is 9.98. The molecule has 2 atom stereocenters. The molecule has 0 aliphatic carbocycles. The highest BCUT2D eigenvalue weighted by Gasteiger charge is 2.31. The Bertz CT molecular complexity index is 375. The van der Waals surface area contributed by atoms with E-state index < -0.39 is 0 Å². The van der Waals surface area contributed by atoms with Crippen LogP contribution in [0.2, 0.25) is 0 Å². The molecule has 1 fully saturated rings. The summed E-state index contributed by atoms with van der Waals surface area (Å²) in [6, 6.07) is 8.68. The number of nitrogens with zero attached hydrogens (tertiary/aromatic N) is 1. The maximum Gasteiger partial charge on any atom is 0.120 e. The smallest absolute Gasteiger partial charge is 0.120 e. The zero-order valence-electron chi connectivity index (χ0n) is 11.1. The summed E-state index contributed by atoms with van der Waals surface area (Å²) in [7, 11) is 0. The van der Waals surface area contributed by atoms with Gasteiger partial charge in [0.2, 0.25) is 0 Å². The molecule has 1 heterocycles. The maximum atomic E-state index is 9.94. The van der Waals surface area contributed by atoms with Crippen LogP contribution in [0.4, 0.5) is 0 Å². The molecular weight excluding hydrogens is 210 g/mol. The normalized spacial score (nSPS) is 23.2. The number of hydrogen-bond donors (Lipinski definition) is 1. The van der Waals surface area contributed by atoms with Crippen molar-refractivity contribution in [2.75, 3.05) is 6.54 Å². The summed E-state index contributed by atoms with van der Waals surface area (Å²) in [5, 5.41) is 9.94. The number of para-hydroxylation sites is 1. The lowest BCUT2D eigenvalue weighted by Crippen LogP contribution is -2.35. The van der Waals surface area contributed by atoms with Gasteiger partial charge >= 0.3 is 0 Å². The van der Waals surface area contributed by atoms with Crippen LogP contribution in [0.5, 0.6) is 5.75 Å². The second-order valence-electron chi connectivity index (χ2n) is 5.43. The van der Waals surface area contributed by atoms with Crippen molar-refractivity contribution in [3.8, 4) is 5.75 Å². The number of phenolic OH excluding ortho intramolecular Hbond substituents is 1. The first-order valence-electron chi connectivity index (χ1n) is 6.65. The molecule has 0 bridgehead atoms. The summed E-state index contributed by atoms with van der Waals surface area (Å²) in [6.45, 7) is 7.94. The molecule has 1 aliphatic heterocycles. The highest BCUT2D eigenvalue weighted by molar-refractivity contribution is 5.34. The van der Waals surface area contributed by atoms with Gasteiger partial charge in [-0.1, -0.05) is 32.0 Å². The number of likely N-dealkylation sites (tertiary alicyclic amines) is 1. The first-order chi connectivity index (χ1) is 8.11. The van der Waals surface area contributed by atoms with Crippen molar-refractivity contribution in [3.05, 3.63) is 29.8 Å². The van der Waals surface area contributed by atoms with Crippen molar-refractivity contribution in [1.29, 1.82) is 0 Å². The summed E-state index contributed by atoms with van der Waals surface area (Å²) in [5.74, 6) is 1.11. The van der Waals surface area contributed by atoms with Crippen LogP contribution in [0.15, 0.2) is 24.3 Å². The second-order valence-corrected chi connectivity index (χ2v) is 5.43. The molecule has 2 rings (SSSR count). The van der Waals surface area contributed by atoms with E-state index in [1.165, 1.54) is 12.8 Å². The molecule has 0 aromatic heterocycles. The van der Waals surface area contributed by atoms with E-state index in [4.69, 9.17) is 0 Å². The summed E-state index contributed by atoms with van der Waals surface area (Å²) in [6.07, 6.45) is 2.57. The Hall–Kier alpha value is -1.02. The van der Waals surface area contributed by atoms with Gasteiger partial charge in [-0.25, -0.2) is 0 Å². The molecule has 1 aromatic rings. The monoisotopic (exact) mass is 233 g/mol. The van der Waals surface area contributed by atoms with E-state index in [9.17, 15) is 5.11 Å². The van der Waals surface area contributed by atoms with Crippen LogP contribution >= 0.6 is 0 Å². The summed E-state index contributed by atoms with van der Waals surface area (Å²) < 4.78 is 0. The fraction of sp³-hybridized carbons (Fsp3) is 0.600. The number of rotatable bonds is 3. The van der Waals surface area contributed by atoms with Gasteiger partial charge < -0.3 is 5.11 Å². The van der Waals surface area contributed by atoms with Gasteiger partial charge in [-0.3, -0.25) is 4.90 Å². The first kappa shape index (κ1) is 12.4. The number of benzene rings is 1. The number of phenols is 1. The molecule has 0 radical (unpaired) electrons. The molecule has 0 saturated carbocycles. The van der Waals surface area contributed by atoms with Crippen LogP contribution in [-0.4, -0.2) is 22.6 Å². The van der Waals surface area contributed by atoms with Crippen molar-refractivity contribution in [3.63, 3.8) is 0 Å². The zero-order valence-corrected chi connectivity index (χ0v) is 11.1. The number of aromatic hydroxyl groups is 1. The molecule has 2 nitrogen and oxygen atoms in total.